The Morgan fingerprint density at radius 2 is 1.38 bits per heavy atom. The van der Waals surface area contributed by atoms with Gasteiger partial charge in [-0.1, -0.05) is 52.6 Å². The van der Waals surface area contributed by atoms with Crippen LogP contribution in [0.4, 0.5) is 0 Å². The third kappa shape index (κ3) is 5.21. The molecule has 3 aromatic heterocycles. The van der Waals surface area contributed by atoms with E-state index >= 15 is 0 Å². The molecule has 6 rings (SSSR count). The molecule has 194 valence electrons. The molecule has 11 heteroatoms. The standard InChI is InChI=1S/C28H22Cl2N8O/c29-22-7-3-19(14-34-22)16-37-11-9-32-27(37)25-24(21-5-1-18(13-31)2-6-21)26(39-36-25)28-33-10-12-38(28)17-20-4-8-23(30)35-15-20/h1-8,14-15H,9-12,16-17H2. The van der Waals surface area contributed by atoms with Crippen molar-refractivity contribution in [1.82, 2.24) is 24.9 Å². The van der Waals surface area contributed by atoms with Crippen molar-refractivity contribution in [3.63, 3.8) is 0 Å². The Balaban J connectivity index is 1.38. The summed E-state index contributed by atoms with van der Waals surface area (Å²) in [5.41, 5.74) is 4.89. The van der Waals surface area contributed by atoms with Gasteiger partial charge in [0.15, 0.2) is 17.4 Å². The van der Waals surface area contributed by atoms with Crippen LogP contribution in [0, 0.1) is 11.3 Å². The fraction of sp³-hybridized carbons (Fsp3) is 0.214. The molecule has 0 saturated carbocycles. The molecule has 0 radical (unpaired) electrons. The van der Waals surface area contributed by atoms with E-state index in [1.807, 2.05) is 24.3 Å². The molecule has 2 aliphatic heterocycles. The minimum atomic E-state index is 0.452. The molecule has 0 atom stereocenters. The fourth-order valence-corrected chi connectivity index (χ4v) is 4.95. The van der Waals surface area contributed by atoms with Crippen molar-refractivity contribution in [3.8, 4) is 17.2 Å². The number of rotatable bonds is 7. The SMILES string of the molecule is N#Cc1ccc(-c2c(C3=NCCN3Cc3ccc(Cl)nc3)noc2C2=NCCN2Cc2ccc(Cl)nc2)cc1. The average molecular weight is 557 g/mol. The van der Waals surface area contributed by atoms with Gasteiger partial charge in [0.05, 0.1) is 30.3 Å². The van der Waals surface area contributed by atoms with Crippen LogP contribution < -0.4 is 0 Å². The van der Waals surface area contributed by atoms with Crippen molar-refractivity contribution >= 4 is 34.9 Å². The Morgan fingerprint density at radius 1 is 0.795 bits per heavy atom. The van der Waals surface area contributed by atoms with Crippen molar-refractivity contribution in [2.45, 2.75) is 13.1 Å². The van der Waals surface area contributed by atoms with Crippen LogP contribution in [0.1, 0.15) is 28.1 Å². The molecule has 9 nitrogen and oxygen atoms in total. The van der Waals surface area contributed by atoms with Gasteiger partial charge in [-0.2, -0.15) is 5.26 Å². The monoisotopic (exact) mass is 556 g/mol. The highest BCUT2D eigenvalue weighted by atomic mass is 35.5. The number of hydrogen-bond donors (Lipinski definition) is 0. The first-order chi connectivity index (χ1) is 19.1. The molecular formula is C28H22Cl2N8O. The van der Waals surface area contributed by atoms with E-state index in [1.165, 1.54) is 0 Å². The van der Waals surface area contributed by atoms with Crippen molar-refractivity contribution in [2.24, 2.45) is 9.98 Å². The zero-order valence-corrected chi connectivity index (χ0v) is 22.3. The van der Waals surface area contributed by atoms with E-state index < -0.39 is 0 Å². The third-order valence-corrected chi connectivity index (χ3v) is 7.04. The third-order valence-electron chi connectivity index (χ3n) is 6.60. The highest BCUT2D eigenvalue weighted by molar-refractivity contribution is 6.29. The van der Waals surface area contributed by atoms with Gasteiger partial charge in [0, 0.05) is 38.6 Å². The number of amidine groups is 2. The van der Waals surface area contributed by atoms with Gasteiger partial charge in [-0.05, 0) is 41.0 Å². The van der Waals surface area contributed by atoms with Crippen LogP contribution in [0.15, 0.2) is 75.4 Å². The van der Waals surface area contributed by atoms with Crippen LogP contribution in [-0.4, -0.2) is 62.8 Å². The van der Waals surface area contributed by atoms with Crippen molar-refractivity contribution in [2.75, 3.05) is 26.2 Å². The maximum atomic E-state index is 9.34. The van der Waals surface area contributed by atoms with Gasteiger partial charge in [0.1, 0.15) is 10.3 Å². The summed E-state index contributed by atoms with van der Waals surface area (Å²) in [5, 5.41) is 14.8. The topological polar surface area (TPSA) is 107 Å². The summed E-state index contributed by atoms with van der Waals surface area (Å²) in [6, 6.07) is 17.0. The van der Waals surface area contributed by atoms with E-state index in [-0.39, 0.29) is 0 Å². The fourth-order valence-electron chi connectivity index (χ4n) is 4.73. The average Bonchev–Trinajstić information content (AvgIpc) is 3.71. The van der Waals surface area contributed by atoms with Gasteiger partial charge >= 0.3 is 0 Å². The lowest BCUT2D eigenvalue weighted by molar-refractivity contribution is 0.387. The van der Waals surface area contributed by atoms with Crippen molar-refractivity contribution < 1.29 is 4.52 Å². The highest BCUT2D eigenvalue weighted by Gasteiger charge is 2.33. The minimum absolute atomic E-state index is 0.452. The quantitative estimate of drug-likeness (QED) is 0.300. The molecule has 5 heterocycles. The number of benzene rings is 1. The van der Waals surface area contributed by atoms with E-state index in [9.17, 15) is 5.26 Å². The van der Waals surface area contributed by atoms with Crippen LogP contribution in [0.3, 0.4) is 0 Å². The molecule has 4 aromatic rings. The predicted molar refractivity (Wildman–Crippen MR) is 149 cm³/mol. The number of aliphatic imine (C=N–C) groups is 2. The summed E-state index contributed by atoms with van der Waals surface area (Å²) in [6.45, 7) is 3.95. The second-order valence-electron chi connectivity index (χ2n) is 9.16. The Kier molecular flexibility index (Phi) is 6.97. The summed E-state index contributed by atoms with van der Waals surface area (Å²) < 4.78 is 6.04. The molecule has 0 bridgehead atoms. The summed E-state index contributed by atoms with van der Waals surface area (Å²) in [7, 11) is 0. The van der Waals surface area contributed by atoms with Crippen molar-refractivity contribution in [3.05, 3.63) is 99.4 Å². The van der Waals surface area contributed by atoms with E-state index in [4.69, 9.17) is 37.7 Å². The molecule has 2 aliphatic rings. The number of aromatic nitrogens is 3. The minimum Gasteiger partial charge on any atom is -0.352 e. The molecule has 0 spiro atoms. The Morgan fingerprint density at radius 3 is 1.95 bits per heavy atom. The van der Waals surface area contributed by atoms with Crippen LogP contribution in [0.25, 0.3) is 11.1 Å². The lowest BCUT2D eigenvalue weighted by Gasteiger charge is -2.21. The molecule has 0 amide bonds. The summed E-state index contributed by atoms with van der Waals surface area (Å²) in [5.74, 6) is 2.03. The lowest BCUT2D eigenvalue weighted by Crippen LogP contribution is -2.29. The summed E-state index contributed by atoms with van der Waals surface area (Å²) in [6.07, 6.45) is 3.53. The first-order valence-corrected chi connectivity index (χ1v) is 13.2. The van der Waals surface area contributed by atoms with Crippen LogP contribution in [0.5, 0.6) is 0 Å². The van der Waals surface area contributed by atoms with Gasteiger partial charge < -0.3 is 14.3 Å². The second kappa shape index (κ2) is 10.8. The Labute approximate surface area is 235 Å². The first-order valence-electron chi connectivity index (χ1n) is 12.4. The number of nitrogens with zero attached hydrogens (tertiary/aromatic N) is 8. The molecular weight excluding hydrogens is 535 g/mol. The zero-order valence-electron chi connectivity index (χ0n) is 20.8. The molecule has 0 aliphatic carbocycles. The normalized spacial score (nSPS) is 14.9. The Bertz CT molecular complexity index is 1500. The smallest absolute Gasteiger partial charge is 0.210 e. The second-order valence-corrected chi connectivity index (χ2v) is 9.93. The predicted octanol–water partition coefficient (Wildman–Crippen LogP) is 4.83. The first kappa shape index (κ1) is 25.0. The lowest BCUT2D eigenvalue weighted by atomic mass is 10.00. The molecule has 0 fully saturated rings. The molecule has 0 N–H and O–H groups in total. The van der Waals surface area contributed by atoms with E-state index in [0.29, 0.717) is 53.5 Å². The highest BCUT2D eigenvalue weighted by Crippen LogP contribution is 2.33. The van der Waals surface area contributed by atoms with Gasteiger partial charge in [-0.15, -0.1) is 0 Å². The maximum Gasteiger partial charge on any atom is 0.210 e. The Hall–Kier alpha value is -4.26. The number of hydrogen-bond acceptors (Lipinski definition) is 9. The molecule has 0 saturated heterocycles. The van der Waals surface area contributed by atoms with Gasteiger partial charge in [0.25, 0.3) is 0 Å². The van der Waals surface area contributed by atoms with Gasteiger partial charge in [-0.3, -0.25) is 9.98 Å². The number of nitriles is 1. The van der Waals surface area contributed by atoms with E-state index in [1.54, 1.807) is 36.7 Å². The van der Waals surface area contributed by atoms with Crippen LogP contribution in [-0.2, 0) is 13.1 Å². The molecule has 1 aromatic carbocycles. The van der Waals surface area contributed by atoms with Crippen LogP contribution in [0.2, 0.25) is 10.3 Å². The van der Waals surface area contributed by atoms with Gasteiger partial charge in [0.2, 0.25) is 5.76 Å². The number of pyridine rings is 2. The largest absolute Gasteiger partial charge is 0.352 e. The van der Waals surface area contributed by atoms with Crippen LogP contribution >= 0.6 is 23.2 Å². The molecule has 39 heavy (non-hydrogen) atoms. The van der Waals surface area contributed by atoms with Crippen molar-refractivity contribution in [1.29, 1.82) is 5.26 Å². The maximum absolute atomic E-state index is 9.34. The zero-order chi connectivity index (χ0) is 26.8. The van der Waals surface area contributed by atoms with Gasteiger partial charge in [-0.25, -0.2) is 9.97 Å². The van der Waals surface area contributed by atoms with E-state index in [0.717, 1.165) is 47.0 Å². The van der Waals surface area contributed by atoms with E-state index in [2.05, 4.69) is 31.0 Å². The number of halogens is 2. The molecule has 0 unspecified atom stereocenters. The summed E-state index contributed by atoms with van der Waals surface area (Å²) >= 11 is 12.0. The summed E-state index contributed by atoms with van der Waals surface area (Å²) in [4.78, 5) is 22.3.